The Morgan fingerprint density at radius 2 is 2.06 bits per heavy atom. The fourth-order valence-electron chi connectivity index (χ4n) is 4.34. The molecule has 1 amide bonds. The molecule has 1 spiro atoms. The predicted octanol–water partition coefficient (Wildman–Crippen LogP) is 3.01. The Bertz CT molecular complexity index is 899. The fourth-order valence-corrected chi connectivity index (χ4v) is 4.52. The van der Waals surface area contributed by atoms with Gasteiger partial charge < -0.3 is 29.7 Å². The zero-order valence-electron chi connectivity index (χ0n) is 18.8. The summed E-state index contributed by atoms with van der Waals surface area (Å²) in [5, 5.41) is 13.4. The molecule has 0 unspecified atom stereocenters. The number of piperazine rings is 1. The van der Waals surface area contributed by atoms with E-state index in [2.05, 4.69) is 10.3 Å². The maximum Gasteiger partial charge on any atom is 0.410 e. The maximum absolute atomic E-state index is 12.4. The number of ether oxygens (including phenoxy) is 2. The largest absolute Gasteiger partial charge is 0.491 e. The zero-order chi connectivity index (χ0) is 23.1. The van der Waals surface area contributed by atoms with Gasteiger partial charge in [-0.3, -0.25) is 0 Å². The van der Waals surface area contributed by atoms with Crippen molar-refractivity contribution in [3.05, 3.63) is 16.8 Å². The molecule has 2 saturated heterocycles. The van der Waals surface area contributed by atoms with Crippen LogP contribution in [0.5, 0.6) is 5.75 Å². The molecule has 2 N–H and O–H groups in total. The number of hydrogen-bond donors (Lipinski definition) is 2. The number of carbonyl (C=O) groups excluding carboxylic acids is 1. The number of nitrogens with one attached hydrogen (secondary N) is 1. The Morgan fingerprint density at radius 1 is 1.31 bits per heavy atom. The first-order valence-corrected chi connectivity index (χ1v) is 11.5. The smallest absolute Gasteiger partial charge is 0.410 e. The average Bonchev–Trinajstić information content (AvgIpc) is 3.33. The third kappa shape index (κ3) is 5.20. The number of pyridine rings is 1. The summed E-state index contributed by atoms with van der Waals surface area (Å²) in [4.78, 5) is 32.5. The third-order valence-corrected chi connectivity index (χ3v) is 6.38. The molecule has 3 fully saturated rings. The van der Waals surface area contributed by atoms with Gasteiger partial charge in [-0.1, -0.05) is 11.6 Å². The van der Waals surface area contributed by atoms with Crippen LogP contribution in [-0.2, 0) is 4.74 Å². The van der Waals surface area contributed by atoms with Crippen molar-refractivity contribution < 1.29 is 24.2 Å². The number of carboxylic acids is 1. The number of aromatic nitrogens is 1. The van der Waals surface area contributed by atoms with Crippen LogP contribution in [-0.4, -0.2) is 78.0 Å². The Morgan fingerprint density at radius 3 is 2.69 bits per heavy atom. The number of aromatic carboxylic acids is 1. The van der Waals surface area contributed by atoms with Crippen molar-refractivity contribution in [2.24, 2.45) is 5.41 Å². The molecule has 4 rings (SSSR count). The van der Waals surface area contributed by atoms with Gasteiger partial charge in [0.1, 0.15) is 34.5 Å². The van der Waals surface area contributed by atoms with E-state index in [1.165, 1.54) is 18.9 Å². The molecule has 3 aliphatic rings. The Balaban J connectivity index is 1.46. The molecule has 1 aliphatic carbocycles. The molecule has 9 nitrogen and oxygen atoms in total. The summed E-state index contributed by atoms with van der Waals surface area (Å²) in [6.45, 7) is 8.77. The third-order valence-electron chi connectivity index (χ3n) is 6.19. The monoisotopic (exact) mass is 466 g/mol. The van der Waals surface area contributed by atoms with E-state index in [0.29, 0.717) is 30.9 Å². The van der Waals surface area contributed by atoms with E-state index >= 15 is 0 Å². The summed E-state index contributed by atoms with van der Waals surface area (Å²) >= 11 is 6.24. The first-order valence-electron chi connectivity index (χ1n) is 11.1. The molecule has 10 heteroatoms. The van der Waals surface area contributed by atoms with Crippen molar-refractivity contribution in [1.82, 2.24) is 15.2 Å². The summed E-state index contributed by atoms with van der Waals surface area (Å²) in [6, 6.07) is 1.28. The summed E-state index contributed by atoms with van der Waals surface area (Å²) in [6.07, 6.45) is 3.03. The van der Waals surface area contributed by atoms with Gasteiger partial charge in [0.15, 0.2) is 0 Å². The second kappa shape index (κ2) is 8.59. The number of amides is 1. The second-order valence-corrected chi connectivity index (χ2v) is 10.4. The topological polar surface area (TPSA) is 104 Å². The van der Waals surface area contributed by atoms with Gasteiger partial charge in [-0.15, -0.1) is 0 Å². The molecule has 1 saturated carbocycles. The van der Waals surface area contributed by atoms with Gasteiger partial charge in [0, 0.05) is 38.8 Å². The molecule has 32 heavy (non-hydrogen) atoms. The molecule has 1 aromatic rings. The van der Waals surface area contributed by atoms with E-state index in [-0.39, 0.29) is 35.2 Å². The molecule has 3 heterocycles. The number of anilines is 1. The van der Waals surface area contributed by atoms with Crippen LogP contribution in [0, 0.1) is 5.41 Å². The van der Waals surface area contributed by atoms with Crippen LogP contribution in [0.3, 0.4) is 0 Å². The van der Waals surface area contributed by atoms with Crippen molar-refractivity contribution in [3.8, 4) is 5.75 Å². The summed E-state index contributed by atoms with van der Waals surface area (Å²) in [5.41, 5.74) is -0.215. The van der Waals surface area contributed by atoms with Crippen LogP contribution in [0.2, 0.25) is 5.15 Å². The minimum atomic E-state index is -1.09. The number of halogens is 1. The SMILES string of the molecule is CC(C)(C)OC(=O)N1CCN[C@@H](COc2cc(Cl)nc(N3CCC4(CC4)C3)c2C(=O)O)C1. The molecule has 2 aliphatic heterocycles. The van der Waals surface area contributed by atoms with Crippen LogP contribution < -0.4 is 15.0 Å². The highest BCUT2D eigenvalue weighted by Crippen LogP contribution is 2.53. The number of carbonyl (C=O) groups is 2. The number of rotatable bonds is 5. The normalized spacial score (nSPS) is 22.2. The van der Waals surface area contributed by atoms with E-state index < -0.39 is 11.6 Å². The van der Waals surface area contributed by atoms with E-state index in [0.717, 1.165) is 19.5 Å². The van der Waals surface area contributed by atoms with Gasteiger partial charge in [0.2, 0.25) is 0 Å². The first-order chi connectivity index (χ1) is 15.1. The minimum Gasteiger partial charge on any atom is -0.491 e. The Hall–Kier alpha value is -2.26. The van der Waals surface area contributed by atoms with Crippen LogP contribution >= 0.6 is 11.6 Å². The van der Waals surface area contributed by atoms with E-state index in [4.69, 9.17) is 21.1 Å². The van der Waals surface area contributed by atoms with Crippen LogP contribution in [0.25, 0.3) is 0 Å². The highest BCUT2D eigenvalue weighted by molar-refractivity contribution is 6.29. The molecule has 1 atom stereocenters. The van der Waals surface area contributed by atoms with Crippen LogP contribution in [0.1, 0.15) is 50.4 Å². The van der Waals surface area contributed by atoms with E-state index in [1.54, 1.807) is 4.90 Å². The fraction of sp³-hybridized carbons (Fsp3) is 0.682. The lowest BCUT2D eigenvalue weighted by atomic mass is 10.1. The molecule has 176 valence electrons. The number of hydrogen-bond acceptors (Lipinski definition) is 7. The van der Waals surface area contributed by atoms with Crippen molar-refractivity contribution in [3.63, 3.8) is 0 Å². The lowest BCUT2D eigenvalue weighted by Crippen LogP contribution is -2.55. The van der Waals surface area contributed by atoms with Crippen molar-refractivity contribution in [2.45, 2.75) is 51.7 Å². The predicted molar refractivity (Wildman–Crippen MR) is 120 cm³/mol. The number of carboxylic acid groups (broad SMARTS) is 1. The summed E-state index contributed by atoms with van der Waals surface area (Å²) < 4.78 is 11.4. The first kappa shape index (κ1) is 22.9. The van der Waals surface area contributed by atoms with Gasteiger partial charge >= 0.3 is 12.1 Å². The van der Waals surface area contributed by atoms with Gasteiger partial charge in [-0.05, 0) is 45.4 Å². The molecule has 1 aromatic heterocycles. The quantitative estimate of drug-likeness (QED) is 0.638. The molecular weight excluding hydrogens is 436 g/mol. The van der Waals surface area contributed by atoms with E-state index in [9.17, 15) is 14.7 Å². The highest BCUT2D eigenvalue weighted by Gasteiger charge is 2.48. The Labute approximate surface area is 193 Å². The molecular formula is C22H31ClN4O5. The standard InChI is InChI=1S/C22H31ClN4O5/c1-21(2,3)32-20(30)26-9-7-24-14(11-26)12-31-15-10-16(23)25-18(17(15)19(28)29)27-8-6-22(13-27)4-5-22/h10,14,24H,4-9,11-13H2,1-3H3,(H,28,29)/t14-/m1/s1. The van der Waals surface area contributed by atoms with Crippen LogP contribution in [0.15, 0.2) is 6.07 Å². The van der Waals surface area contributed by atoms with Gasteiger partial charge in [-0.2, -0.15) is 0 Å². The summed E-state index contributed by atoms with van der Waals surface area (Å²) in [7, 11) is 0. The Kier molecular flexibility index (Phi) is 6.15. The molecule has 0 aromatic carbocycles. The van der Waals surface area contributed by atoms with Gasteiger partial charge in [-0.25, -0.2) is 14.6 Å². The minimum absolute atomic E-state index is 0.0342. The molecule has 0 radical (unpaired) electrons. The molecule has 0 bridgehead atoms. The number of nitrogens with zero attached hydrogens (tertiary/aromatic N) is 3. The lowest BCUT2D eigenvalue weighted by Gasteiger charge is -2.34. The van der Waals surface area contributed by atoms with Gasteiger partial charge in [0.05, 0.1) is 6.04 Å². The van der Waals surface area contributed by atoms with Crippen LogP contribution in [0.4, 0.5) is 10.6 Å². The maximum atomic E-state index is 12.4. The second-order valence-electron chi connectivity index (χ2n) is 10.0. The average molecular weight is 467 g/mol. The highest BCUT2D eigenvalue weighted by atomic mass is 35.5. The summed E-state index contributed by atoms with van der Waals surface area (Å²) in [5.74, 6) is -0.529. The van der Waals surface area contributed by atoms with Gasteiger partial charge in [0.25, 0.3) is 0 Å². The van der Waals surface area contributed by atoms with E-state index in [1.807, 2.05) is 25.7 Å². The zero-order valence-corrected chi connectivity index (χ0v) is 19.6. The van der Waals surface area contributed by atoms with Crippen molar-refractivity contribution in [1.29, 1.82) is 0 Å². The lowest BCUT2D eigenvalue weighted by molar-refractivity contribution is 0.0178. The van der Waals surface area contributed by atoms with Crippen molar-refractivity contribution >= 4 is 29.5 Å². The van der Waals surface area contributed by atoms with Crippen molar-refractivity contribution in [2.75, 3.05) is 44.2 Å².